The highest BCUT2D eigenvalue weighted by Gasteiger charge is 2.17. The fraction of sp³-hybridized carbons (Fsp3) is 0.0833. The smallest absolute Gasteiger partial charge is 0.250 e. The summed E-state index contributed by atoms with van der Waals surface area (Å²) in [4.78, 5) is 12.3. The number of nitrogens with one attached hydrogen (secondary N) is 1. The average Bonchev–Trinajstić information content (AvgIpc) is 3.28. The van der Waals surface area contributed by atoms with Gasteiger partial charge in [-0.3, -0.25) is 9.36 Å². The van der Waals surface area contributed by atoms with Gasteiger partial charge in [0.15, 0.2) is 11.0 Å². The van der Waals surface area contributed by atoms with Crippen LogP contribution in [-0.2, 0) is 4.79 Å². The van der Waals surface area contributed by atoms with E-state index in [0.29, 0.717) is 16.0 Å². The summed E-state index contributed by atoms with van der Waals surface area (Å²) in [5.74, 6) is 1.30. The quantitative estimate of drug-likeness (QED) is 0.223. The SMILES string of the molecule is COc1ccc(/C=N\NC(=O)CSc2nnc(-c3ccc(Cl)cc3)n2-c2ccccc2)cc1. The Hall–Kier alpha value is -3.62. The molecule has 33 heavy (non-hydrogen) atoms. The van der Waals surface area contributed by atoms with Crippen LogP contribution in [0.1, 0.15) is 5.56 Å². The van der Waals surface area contributed by atoms with Crippen molar-refractivity contribution in [2.24, 2.45) is 5.10 Å². The number of carbonyl (C=O) groups is 1. The summed E-state index contributed by atoms with van der Waals surface area (Å²) in [7, 11) is 1.61. The van der Waals surface area contributed by atoms with Gasteiger partial charge in [-0.05, 0) is 66.2 Å². The summed E-state index contributed by atoms with van der Waals surface area (Å²) in [5, 5.41) is 13.9. The Labute approximate surface area is 200 Å². The maximum Gasteiger partial charge on any atom is 0.250 e. The number of hydrazone groups is 1. The molecule has 0 saturated heterocycles. The number of ether oxygens (including phenoxy) is 1. The lowest BCUT2D eigenvalue weighted by Crippen LogP contribution is -2.20. The number of aromatic nitrogens is 3. The van der Waals surface area contributed by atoms with Crippen LogP contribution >= 0.6 is 23.4 Å². The first-order valence-corrected chi connectivity index (χ1v) is 11.4. The van der Waals surface area contributed by atoms with Gasteiger partial charge in [0.2, 0.25) is 0 Å². The Balaban J connectivity index is 1.46. The first-order valence-electron chi connectivity index (χ1n) is 9.99. The molecule has 0 radical (unpaired) electrons. The molecule has 0 aliphatic carbocycles. The zero-order valence-corrected chi connectivity index (χ0v) is 19.3. The van der Waals surface area contributed by atoms with Crippen LogP contribution in [-0.4, -0.2) is 39.7 Å². The highest BCUT2D eigenvalue weighted by Crippen LogP contribution is 2.28. The van der Waals surface area contributed by atoms with Crippen LogP contribution in [0.2, 0.25) is 5.02 Å². The number of amides is 1. The number of methoxy groups -OCH3 is 1. The summed E-state index contributed by atoms with van der Waals surface area (Å²) in [6.07, 6.45) is 1.58. The number of para-hydroxylation sites is 1. The summed E-state index contributed by atoms with van der Waals surface area (Å²) in [5.41, 5.74) is 5.16. The van der Waals surface area contributed by atoms with Crippen molar-refractivity contribution in [2.75, 3.05) is 12.9 Å². The van der Waals surface area contributed by atoms with Gasteiger partial charge >= 0.3 is 0 Å². The Kier molecular flexibility index (Phi) is 7.39. The molecule has 0 aliphatic rings. The lowest BCUT2D eigenvalue weighted by Gasteiger charge is -2.10. The third kappa shape index (κ3) is 5.79. The van der Waals surface area contributed by atoms with Crippen LogP contribution in [0.25, 0.3) is 17.1 Å². The van der Waals surface area contributed by atoms with E-state index in [0.717, 1.165) is 22.6 Å². The van der Waals surface area contributed by atoms with E-state index in [1.54, 1.807) is 13.3 Å². The van der Waals surface area contributed by atoms with Crippen molar-refractivity contribution >= 4 is 35.5 Å². The van der Waals surface area contributed by atoms with E-state index >= 15 is 0 Å². The second-order valence-corrected chi connectivity index (χ2v) is 8.22. The Morgan fingerprint density at radius 3 is 2.48 bits per heavy atom. The monoisotopic (exact) mass is 477 g/mol. The first-order chi connectivity index (χ1) is 16.1. The van der Waals surface area contributed by atoms with E-state index < -0.39 is 0 Å². The number of nitrogens with zero attached hydrogens (tertiary/aromatic N) is 4. The molecule has 1 aromatic heterocycles. The van der Waals surface area contributed by atoms with Crippen molar-refractivity contribution in [2.45, 2.75) is 5.16 Å². The number of thioether (sulfide) groups is 1. The van der Waals surface area contributed by atoms with Gasteiger partial charge in [-0.25, -0.2) is 5.43 Å². The lowest BCUT2D eigenvalue weighted by atomic mass is 10.2. The molecule has 9 heteroatoms. The molecule has 0 bridgehead atoms. The van der Waals surface area contributed by atoms with Gasteiger partial charge < -0.3 is 4.74 Å². The van der Waals surface area contributed by atoms with E-state index in [9.17, 15) is 4.79 Å². The minimum atomic E-state index is -0.250. The molecule has 1 heterocycles. The molecule has 7 nitrogen and oxygen atoms in total. The maximum absolute atomic E-state index is 12.3. The fourth-order valence-electron chi connectivity index (χ4n) is 2.99. The zero-order chi connectivity index (χ0) is 23.0. The molecule has 0 atom stereocenters. The zero-order valence-electron chi connectivity index (χ0n) is 17.7. The predicted molar refractivity (Wildman–Crippen MR) is 131 cm³/mol. The van der Waals surface area contributed by atoms with Crippen LogP contribution in [0.15, 0.2) is 89.1 Å². The number of hydrogen-bond acceptors (Lipinski definition) is 6. The average molecular weight is 478 g/mol. The molecule has 166 valence electrons. The van der Waals surface area contributed by atoms with Crippen molar-refractivity contribution in [3.05, 3.63) is 89.4 Å². The van der Waals surface area contributed by atoms with Crippen LogP contribution in [0, 0.1) is 0 Å². The standard InChI is InChI=1S/C24H20ClN5O2S/c1-32-21-13-7-17(8-14-21)15-26-27-22(31)16-33-24-29-28-23(18-9-11-19(25)12-10-18)30(24)20-5-3-2-4-6-20/h2-15H,16H2,1H3,(H,27,31)/b26-15-. The second-order valence-electron chi connectivity index (χ2n) is 6.84. The van der Waals surface area contributed by atoms with Crippen LogP contribution < -0.4 is 10.2 Å². The minimum absolute atomic E-state index is 0.130. The molecular formula is C24H20ClN5O2S. The fourth-order valence-corrected chi connectivity index (χ4v) is 3.86. The topological polar surface area (TPSA) is 81.4 Å². The third-order valence-corrected chi connectivity index (χ3v) is 5.78. The van der Waals surface area contributed by atoms with Gasteiger partial charge in [-0.15, -0.1) is 10.2 Å². The maximum atomic E-state index is 12.3. The molecule has 1 N–H and O–H groups in total. The van der Waals surface area contributed by atoms with Crippen LogP contribution in [0.3, 0.4) is 0 Å². The highest BCUT2D eigenvalue weighted by atomic mass is 35.5. The van der Waals surface area contributed by atoms with Crippen molar-refractivity contribution in [3.63, 3.8) is 0 Å². The summed E-state index contributed by atoms with van der Waals surface area (Å²) < 4.78 is 7.05. The summed E-state index contributed by atoms with van der Waals surface area (Å²) in [6.45, 7) is 0. The number of rotatable bonds is 8. The van der Waals surface area contributed by atoms with Gasteiger partial charge in [0.1, 0.15) is 5.75 Å². The Bertz CT molecular complexity index is 1240. The van der Waals surface area contributed by atoms with Gasteiger partial charge in [0.05, 0.1) is 19.1 Å². The second kappa shape index (κ2) is 10.8. The van der Waals surface area contributed by atoms with Crippen molar-refractivity contribution in [1.29, 1.82) is 0 Å². The lowest BCUT2D eigenvalue weighted by molar-refractivity contribution is -0.118. The largest absolute Gasteiger partial charge is 0.497 e. The van der Waals surface area contributed by atoms with Gasteiger partial charge in [0.25, 0.3) is 5.91 Å². The number of carbonyl (C=O) groups excluding carboxylic acids is 1. The van der Waals surface area contributed by atoms with E-state index in [1.165, 1.54) is 11.8 Å². The van der Waals surface area contributed by atoms with Crippen molar-refractivity contribution in [1.82, 2.24) is 20.2 Å². The van der Waals surface area contributed by atoms with Crippen LogP contribution in [0.5, 0.6) is 5.75 Å². The van der Waals surface area contributed by atoms with Crippen molar-refractivity contribution < 1.29 is 9.53 Å². The van der Waals surface area contributed by atoms with Crippen LogP contribution in [0.4, 0.5) is 0 Å². The number of hydrogen-bond donors (Lipinski definition) is 1. The molecule has 0 saturated carbocycles. The Morgan fingerprint density at radius 2 is 1.79 bits per heavy atom. The molecule has 0 aliphatic heterocycles. The van der Waals surface area contributed by atoms with E-state index in [2.05, 4.69) is 20.7 Å². The molecule has 4 aromatic rings. The van der Waals surface area contributed by atoms with E-state index in [4.69, 9.17) is 16.3 Å². The molecular weight excluding hydrogens is 458 g/mol. The summed E-state index contributed by atoms with van der Waals surface area (Å²) >= 11 is 7.31. The Morgan fingerprint density at radius 1 is 1.06 bits per heavy atom. The third-order valence-electron chi connectivity index (χ3n) is 4.60. The number of halogens is 1. The van der Waals surface area contributed by atoms with E-state index in [1.807, 2.05) is 83.4 Å². The summed E-state index contributed by atoms with van der Waals surface area (Å²) in [6, 6.07) is 24.5. The van der Waals surface area contributed by atoms with Gasteiger partial charge in [0, 0.05) is 16.3 Å². The minimum Gasteiger partial charge on any atom is -0.497 e. The van der Waals surface area contributed by atoms with Gasteiger partial charge in [-0.1, -0.05) is 41.6 Å². The molecule has 0 spiro atoms. The molecule has 3 aromatic carbocycles. The molecule has 4 rings (SSSR count). The highest BCUT2D eigenvalue weighted by molar-refractivity contribution is 7.99. The van der Waals surface area contributed by atoms with E-state index in [-0.39, 0.29) is 11.7 Å². The normalized spacial score (nSPS) is 11.0. The molecule has 0 fully saturated rings. The van der Waals surface area contributed by atoms with Crippen molar-refractivity contribution in [3.8, 4) is 22.8 Å². The molecule has 0 unspecified atom stereocenters. The van der Waals surface area contributed by atoms with Gasteiger partial charge in [-0.2, -0.15) is 5.10 Å². The molecule has 1 amide bonds. The predicted octanol–water partition coefficient (Wildman–Crippen LogP) is 4.84. The number of benzene rings is 3. The first kappa shape index (κ1) is 22.6.